The molecule has 1 fully saturated rings. The van der Waals surface area contributed by atoms with Crippen molar-refractivity contribution in [2.45, 2.75) is 26.4 Å². The van der Waals surface area contributed by atoms with Gasteiger partial charge in [-0.05, 0) is 48.0 Å². The number of hydrogen-bond donors (Lipinski definition) is 0. The van der Waals surface area contributed by atoms with Gasteiger partial charge < -0.3 is 4.74 Å². The third-order valence-electron chi connectivity index (χ3n) is 4.12. The molecule has 0 unspecified atom stereocenters. The Balaban J connectivity index is 1.75. The van der Waals surface area contributed by atoms with Gasteiger partial charge in [0, 0.05) is 17.1 Å². The Hall–Kier alpha value is -2.24. The van der Waals surface area contributed by atoms with Crippen LogP contribution in [0.5, 0.6) is 5.75 Å². The molecule has 2 amide bonds. The van der Waals surface area contributed by atoms with E-state index in [0.717, 1.165) is 35.7 Å². The average Bonchev–Trinajstić information content (AvgIpc) is 2.93. The van der Waals surface area contributed by atoms with Crippen LogP contribution in [-0.2, 0) is 11.4 Å². The molecule has 4 nitrogen and oxygen atoms in total. The topological polar surface area (TPSA) is 46.6 Å². The van der Waals surface area contributed by atoms with Gasteiger partial charge in [0.1, 0.15) is 12.4 Å². The standard InChI is InChI=1S/C21H20ClNO3S/c1-2-3-12-23-20(24)19(27-21(23)25)13-16-6-4-5-7-18(16)26-14-15-8-10-17(22)11-9-15/h4-11,13H,2-3,12,14H2,1H3/b19-13-. The number of halogens is 1. The second-order valence-corrected chi connectivity index (χ2v) is 7.57. The molecule has 0 atom stereocenters. The van der Waals surface area contributed by atoms with Crippen molar-refractivity contribution in [3.63, 3.8) is 0 Å². The fraction of sp³-hybridized carbons (Fsp3) is 0.238. The van der Waals surface area contributed by atoms with Crippen molar-refractivity contribution in [2.75, 3.05) is 6.54 Å². The van der Waals surface area contributed by atoms with Gasteiger partial charge >= 0.3 is 0 Å². The molecule has 0 saturated carbocycles. The fourth-order valence-corrected chi connectivity index (χ4v) is 3.61. The SMILES string of the molecule is CCCCN1C(=O)S/C(=C\c2ccccc2OCc2ccc(Cl)cc2)C1=O. The molecule has 0 N–H and O–H groups in total. The van der Waals surface area contributed by atoms with Gasteiger partial charge in [0.2, 0.25) is 0 Å². The molecule has 1 saturated heterocycles. The number of ether oxygens (including phenoxy) is 1. The minimum Gasteiger partial charge on any atom is -0.488 e. The zero-order chi connectivity index (χ0) is 19.2. The molecular formula is C21H20ClNO3S. The normalized spacial score (nSPS) is 15.6. The largest absolute Gasteiger partial charge is 0.488 e. The lowest BCUT2D eigenvalue weighted by Crippen LogP contribution is -2.29. The lowest BCUT2D eigenvalue weighted by Gasteiger charge is -2.11. The maximum atomic E-state index is 12.5. The molecule has 1 aliphatic heterocycles. The van der Waals surface area contributed by atoms with Gasteiger partial charge in [0.25, 0.3) is 11.1 Å². The third kappa shape index (κ3) is 4.93. The first-order valence-electron chi connectivity index (χ1n) is 8.80. The van der Waals surface area contributed by atoms with Crippen LogP contribution in [-0.4, -0.2) is 22.6 Å². The van der Waals surface area contributed by atoms with Crippen LogP contribution in [0, 0.1) is 0 Å². The van der Waals surface area contributed by atoms with E-state index < -0.39 is 0 Å². The number of benzene rings is 2. The summed E-state index contributed by atoms with van der Waals surface area (Å²) < 4.78 is 5.92. The van der Waals surface area contributed by atoms with E-state index in [0.29, 0.717) is 28.8 Å². The highest BCUT2D eigenvalue weighted by atomic mass is 35.5. The van der Waals surface area contributed by atoms with E-state index in [-0.39, 0.29) is 11.1 Å². The van der Waals surface area contributed by atoms with E-state index in [1.165, 1.54) is 4.90 Å². The predicted octanol–water partition coefficient (Wildman–Crippen LogP) is 5.76. The maximum absolute atomic E-state index is 12.5. The van der Waals surface area contributed by atoms with Crippen molar-refractivity contribution < 1.29 is 14.3 Å². The summed E-state index contributed by atoms with van der Waals surface area (Å²) in [6, 6.07) is 14.9. The molecule has 0 radical (unpaired) electrons. The van der Waals surface area contributed by atoms with Gasteiger partial charge in [-0.25, -0.2) is 0 Å². The molecule has 6 heteroatoms. The first-order valence-corrected chi connectivity index (χ1v) is 9.99. The van der Waals surface area contributed by atoms with Crippen molar-refractivity contribution in [2.24, 2.45) is 0 Å². The van der Waals surface area contributed by atoms with Crippen LogP contribution in [0.15, 0.2) is 53.4 Å². The zero-order valence-corrected chi connectivity index (χ0v) is 16.6. The number of nitrogens with zero attached hydrogens (tertiary/aromatic N) is 1. The number of para-hydroxylation sites is 1. The Morgan fingerprint density at radius 1 is 1.11 bits per heavy atom. The van der Waals surface area contributed by atoms with E-state index in [4.69, 9.17) is 16.3 Å². The van der Waals surface area contributed by atoms with Crippen molar-refractivity contribution >= 4 is 40.6 Å². The van der Waals surface area contributed by atoms with Crippen LogP contribution in [0.2, 0.25) is 5.02 Å². The fourth-order valence-electron chi connectivity index (χ4n) is 2.62. The molecule has 1 heterocycles. The van der Waals surface area contributed by atoms with Gasteiger partial charge in [-0.3, -0.25) is 14.5 Å². The third-order valence-corrected chi connectivity index (χ3v) is 5.28. The number of unbranched alkanes of at least 4 members (excludes halogenated alkanes) is 1. The highest BCUT2D eigenvalue weighted by Gasteiger charge is 2.34. The predicted molar refractivity (Wildman–Crippen MR) is 110 cm³/mol. The minimum absolute atomic E-state index is 0.209. The zero-order valence-electron chi connectivity index (χ0n) is 15.0. The number of carbonyl (C=O) groups is 2. The molecule has 27 heavy (non-hydrogen) atoms. The molecule has 2 aromatic rings. The van der Waals surface area contributed by atoms with Crippen LogP contribution in [0.25, 0.3) is 6.08 Å². The summed E-state index contributed by atoms with van der Waals surface area (Å²) in [4.78, 5) is 26.4. The van der Waals surface area contributed by atoms with E-state index in [2.05, 4.69) is 0 Å². The second kappa shape index (κ2) is 9.11. The van der Waals surface area contributed by atoms with Crippen LogP contribution in [0.4, 0.5) is 4.79 Å². The van der Waals surface area contributed by atoms with E-state index in [9.17, 15) is 9.59 Å². The molecule has 3 rings (SSSR count). The summed E-state index contributed by atoms with van der Waals surface area (Å²) in [5.41, 5.74) is 1.77. The summed E-state index contributed by atoms with van der Waals surface area (Å²) in [5, 5.41) is 0.470. The summed E-state index contributed by atoms with van der Waals surface area (Å²) in [5.74, 6) is 0.429. The molecule has 2 aromatic carbocycles. The second-order valence-electron chi connectivity index (χ2n) is 6.14. The number of hydrogen-bond acceptors (Lipinski definition) is 4. The summed E-state index contributed by atoms with van der Waals surface area (Å²) in [6.07, 6.45) is 3.47. The van der Waals surface area contributed by atoms with Crippen LogP contribution in [0.1, 0.15) is 30.9 Å². The van der Waals surface area contributed by atoms with Gasteiger partial charge in [-0.15, -0.1) is 0 Å². The summed E-state index contributed by atoms with van der Waals surface area (Å²) in [6.45, 7) is 2.89. The van der Waals surface area contributed by atoms with Gasteiger partial charge in [-0.1, -0.05) is 55.3 Å². The smallest absolute Gasteiger partial charge is 0.293 e. The Kier molecular flexibility index (Phi) is 6.58. The number of carbonyl (C=O) groups excluding carboxylic acids is 2. The van der Waals surface area contributed by atoms with Crippen molar-refractivity contribution in [1.29, 1.82) is 0 Å². The highest BCUT2D eigenvalue weighted by Crippen LogP contribution is 2.34. The van der Waals surface area contributed by atoms with Crippen molar-refractivity contribution in [3.05, 3.63) is 69.6 Å². The number of amides is 2. The highest BCUT2D eigenvalue weighted by molar-refractivity contribution is 8.18. The molecule has 0 bridgehead atoms. The Morgan fingerprint density at radius 2 is 1.85 bits per heavy atom. The molecule has 0 spiro atoms. The van der Waals surface area contributed by atoms with E-state index in [1.54, 1.807) is 6.08 Å². The first-order chi connectivity index (χ1) is 13.1. The monoisotopic (exact) mass is 401 g/mol. The Labute approximate surface area is 168 Å². The summed E-state index contributed by atoms with van der Waals surface area (Å²) >= 11 is 6.88. The van der Waals surface area contributed by atoms with E-state index >= 15 is 0 Å². The average molecular weight is 402 g/mol. The lowest BCUT2D eigenvalue weighted by molar-refractivity contribution is -0.122. The maximum Gasteiger partial charge on any atom is 0.293 e. The minimum atomic E-state index is -0.231. The summed E-state index contributed by atoms with van der Waals surface area (Å²) in [7, 11) is 0. The molecule has 0 aliphatic carbocycles. The Morgan fingerprint density at radius 3 is 2.59 bits per heavy atom. The Bertz CT molecular complexity index is 864. The number of thioether (sulfide) groups is 1. The van der Waals surface area contributed by atoms with Crippen molar-refractivity contribution in [3.8, 4) is 5.75 Å². The van der Waals surface area contributed by atoms with Crippen LogP contribution >= 0.6 is 23.4 Å². The van der Waals surface area contributed by atoms with Crippen LogP contribution in [0.3, 0.4) is 0 Å². The molecule has 1 aliphatic rings. The van der Waals surface area contributed by atoms with Gasteiger partial charge in [0.05, 0.1) is 4.91 Å². The van der Waals surface area contributed by atoms with Crippen molar-refractivity contribution in [1.82, 2.24) is 4.90 Å². The number of imide groups is 1. The molecular weight excluding hydrogens is 382 g/mol. The van der Waals surface area contributed by atoms with Gasteiger partial charge in [0.15, 0.2) is 0 Å². The molecule has 0 aromatic heterocycles. The van der Waals surface area contributed by atoms with Gasteiger partial charge in [-0.2, -0.15) is 0 Å². The van der Waals surface area contributed by atoms with Crippen LogP contribution < -0.4 is 4.74 Å². The lowest BCUT2D eigenvalue weighted by atomic mass is 10.1. The van der Waals surface area contributed by atoms with E-state index in [1.807, 2.05) is 55.5 Å². The quantitative estimate of drug-likeness (QED) is 0.553. The first kappa shape index (κ1) is 19.5. The number of rotatable bonds is 7. The molecule has 140 valence electrons.